The number of fused-ring (bicyclic) bond motifs is 1. The first-order valence-corrected chi connectivity index (χ1v) is 8.44. The maximum absolute atomic E-state index is 12.3. The Bertz CT molecular complexity index is 857. The highest BCUT2D eigenvalue weighted by Crippen LogP contribution is 2.18. The molecule has 1 aromatic carbocycles. The Labute approximate surface area is 127 Å². The number of aromatic amines is 1. The monoisotopic (exact) mass is 320 g/mol. The molecule has 0 aliphatic heterocycles. The number of anilines is 2. The molecule has 7 nitrogen and oxygen atoms in total. The first kappa shape index (κ1) is 14.6. The van der Waals surface area contributed by atoms with Crippen LogP contribution in [-0.4, -0.2) is 18.4 Å². The second-order valence-corrected chi connectivity index (χ2v) is 6.90. The van der Waals surface area contributed by atoms with Gasteiger partial charge in [0.2, 0.25) is 5.95 Å². The zero-order chi connectivity index (χ0) is 15.7. The summed E-state index contributed by atoms with van der Waals surface area (Å²) in [6, 6.07) is 5.79. The van der Waals surface area contributed by atoms with Crippen molar-refractivity contribution in [1.29, 1.82) is 0 Å². The molecule has 1 aromatic heterocycles. The van der Waals surface area contributed by atoms with E-state index >= 15 is 0 Å². The van der Waals surface area contributed by atoms with Crippen molar-refractivity contribution < 1.29 is 8.42 Å². The quantitative estimate of drug-likeness (QED) is 0.730. The van der Waals surface area contributed by atoms with Gasteiger partial charge in [-0.15, -0.1) is 0 Å². The summed E-state index contributed by atoms with van der Waals surface area (Å²) < 4.78 is 26.9. The lowest BCUT2D eigenvalue weighted by Crippen LogP contribution is -2.24. The van der Waals surface area contributed by atoms with Crippen LogP contribution in [0.25, 0.3) is 0 Å². The number of nitrogens with two attached hydrogens (primary N) is 1. The fraction of sp³-hybridized carbons (Fsp3) is 0.286. The lowest BCUT2D eigenvalue weighted by atomic mass is 9.97. The summed E-state index contributed by atoms with van der Waals surface area (Å²) in [5.41, 5.74) is 7.06. The summed E-state index contributed by atoms with van der Waals surface area (Å²) in [5, 5.41) is 0. The molecule has 0 saturated carbocycles. The molecule has 1 aliphatic carbocycles. The van der Waals surface area contributed by atoms with Gasteiger partial charge < -0.3 is 5.73 Å². The minimum atomic E-state index is -3.81. The Morgan fingerprint density at radius 1 is 1.14 bits per heavy atom. The lowest BCUT2D eigenvalue weighted by molar-refractivity contribution is 0.600. The van der Waals surface area contributed by atoms with Crippen LogP contribution in [0.1, 0.15) is 24.1 Å². The first-order valence-electron chi connectivity index (χ1n) is 6.96. The van der Waals surface area contributed by atoms with Crippen LogP contribution in [0.5, 0.6) is 0 Å². The Balaban J connectivity index is 1.94. The predicted octanol–water partition coefficient (Wildman–Crippen LogP) is 1.03. The maximum atomic E-state index is 12.3. The van der Waals surface area contributed by atoms with E-state index in [1.807, 2.05) is 0 Å². The standard InChI is InChI=1S/C14H16N4O3S/c15-9-5-7-10(8-6-9)22(20,21)18-14-16-12-4-2-1-3-11(12)13(19)17-14/h5-8H,1-4,15H2,(H2,16,17,18,19). The number of sulfonamides is 1. The predicted molar refractivity (Wildman–Crippen MR) is 83.2 cm³/mol. The molecule has 22 heavy (non-hydrogen) atoms. The van der Waals surface area contributed by atoms with Gasteiger partial charge in [-0.05, 0) is 49.9 Å². The molecule has 0 bridgehead atoms. The Hall–Kier alpha value is -2.35. The van der Waals surface area contributed by atoms with Crippen molar-refractivity contribution in [2.75, 3.05) is 10.5 Å². The van der Waals surface area contributed by atoms with E-state index < -0.39 is 10.0 Å². The minimum absolute atomic E-state index is 0.0533. The summed E-state index contributed by atoms with van der Waals surface area (Å²) in [6.07, 6.45) is 3.28. The Kier molecular flexibility index (Phi) is 3.61. The van der Waals surface area contributed by atoms with Gasteiger partial charge in [0, 0.05) is 11.3 Å². The second kappa shape index (κ2) is 5.45. The van der Waals surface area contributed by atoms with E-state index in [9.17, 15) is 13.2 Å². The average Bonchev–Trinajstić information content (AvgIpc) is 2.47. The molecule has 3 rings (SSSR count). The van der Waals surface area contributed by atoms with E-state index in [0.29, 0.717) is 29.8 Å². The Morgan fingerprint density at radius 3 is 2.55 bits per heavy atom. The van der Waals surface area contributed by atoms with Crippen molar-refractivity contribution >= 4 is 21.7 Å². The smallest absolute Gasteiger partial charge is 0.264 e. The van der Waals surface area contributed by atoms with Crippen LogP contribution in [-0.2, 0) is 22.9 Å². The number of nitrogen functional groups attached to an aromatic ring is 1. The van der Waals surface area contributed by atoms with Gasteiger partial charge in [-0.25, -0.2) is 18.1 Å². The molecule has 116 valence electrons. The number of hydrogen-bond donors (Lipinski definition) is 3. The molecule has 0 unspecified atom stereocenters. The average molecular weight is 320 g/mol. The zero-order valence-electron chi connectivity index (χ0n) is 11.8. The van der Waals surface area contributed by atoms with Gasteiger partial charge in [0.25, 0.3) is 15.6 Å². The molecule has 1 aliphatic rings. The SMILES string of the molecule is Nc1ccc(S(=O)(=O)Nc2nc3c(c(=O)[nH]2)CCCC3)cc1. The summed E-state index contributed by atoms with van der Waals surface area (Å²) >= 11 is 0. The highest BCUT2D eigenvalue weighted by molar-refractivity contribution is 7.92. The van der Waals surface area contributed by atoms with Crippen LogP contribution in [0.2, 0.25) is 0 Å². The fourth-order valence-corrected chi connectivity index (χ4v) is 3.45. The molecule has 0 radical (unpaired) electrons. The molecule has 0 fully saturated rings. The molecular weight excluding hydrogens is 304 g/mol. The summed E-state index contributed by atoms with van der Waals surface area (Å²) in [6.45, 7) is 0. The van der Waals surface area contributed by atoms with E-state index in [0.717, 1.165) is 12.8 Å². The topological polar surface area (TPSA) is 118 Å². The van der Waals surface area contributed by atoms with E-state index in [1.165, 1.54) is 24.3 Å². The van der Waals surface area contributed by atoms with Crippen LogP contribution < -0.4 is 16.0 Å². The van der Waals surface area contributed by atoms with Gasteiger partial charge in [0.15, 0.2) is 0 Å². The van der Waals surface area contributed by atoms with Crippen LogP contribution in [0.15, 0.2) is 34.0 Å². The van der Waals surface area contributed by atoms with E-state index in [1.54, 1.807) is 0 Å². The van der Waals surface area contributed by atoms with Crippen LogP contribution in [0.3, 0.4) is 0 Å². The molecule has 0 atom stereocenters. The third-order valence-corrected chi connectivity index (χ3v) is 4.97. The zero-order valence-corrected chi connectivity index (χ0v) is 12.6. The van der Waals surface area contributed by atoms with Crippen molar-refractivity contribution in [3.63, 3.8) is 0 Å². The molecule has 0 amide bonds. The molecule has 1 heterocycles. The van der Waals surface area contributed by atoms with Crippen molar-refractivity contribution in [3.8, 4) is 0 Å². The third-order valence-electron chi connectivity index (χ3n) is 3.61. The lowest BCUT2D eigenvalue weighted by Gasteiger charge is -2.15. The van der Waals surface area contributed by atoms with Crippen molar-refractivity contribution in [2.45, 2.75) is 30.6 Å². The number of aryl methyl sites for hydroxylation is 1. The third kappa shape index (κ3) is 2.82. The molecule has 2 aromatic rings. The molecular formula is C14H16N4O3S. The fourth-order valence-electron chi connectivity index (χ4n) is 2.48. The van der Waals surface area contributed by atoms with Gasteiger partial charge in [-0.1, -0.05) is 0 Å². The maximum Gasteiger partial charge on any atom is 0.264 e. The number of H-pyrrole nitrogens is 1. The van der Waals surface area contributed by atoms with Crippen LogP contribution >= 0.6 is 0 Å². The minimum Gasteiger partial charge on any atom is -0.399 e. The van der Waals surface area contributed by atoms with E-state index in [2.05, 4.69) is 14.7 Å². The van der Waals surface area contributed by atoms with Gasteiger partial charge in [0.05, 0.1) is 10.6 Å². The van der Waals surface area contributed by atoms with Gasteiger partial charge in [-0.3, -0.25) is 9.78 Å². The summed E-state index contributed by atoms with van der Waals surface area (Å²) in [5.74, 6) is -0.0533. The van der Waals surface area contributed by atoms with E-state index in [4.69, 9.17) is 5.73 Å². The number of benzene rings is 1. The highest BCUT2D eigenvalue weighted by atomic mass is 32.2. The first-order chi connectivity index (χ1) is 10.5. The number of aromatic nitrogens is 2. The van der Waals surface area contributed by atoms with Gasteiger partial charge in [0.1, 0.15) is 0 Å². The summed E-state index contributed by atoms with van der Waals surface area (Å²) in [7, 11) is -3.81. The molecule has 0 saturated heterocycles. The summed E-state index contributed by atoms with van der Waals surface area (Å²) in [4.78, 5) is 18.8. The second-order valence-electron chi connectivity index (χ2n) is 5.22. The Morgan fingerprint density at radius 2 is 1.82 bits per heavy atom. The highest BCUT2D eigenvalue weighted by Gasteiger charge is 2.19. The van der Waals surface area contributed by atoms with Gasteiger partial charge >= 0.3 is 0 Å². The largest absolute Gasteiger partial charge is 0.399 e. The van der Waals surface area contributed by atoms with Crippen molar-refractivity contribution in [2.24, 2.45) is 0 Å². The number of hydrogen-bond acceptors (Lipinski definition) is 5. The molecule has 8 heteroatoms. The van der Waals surface area contributed by atoms with Crippen LogP contribution in [0, 0.1) is 0 Å². The van der Waals surface area contributed by atoms with Crippen LogP contribution in [0.4, 0.5) is 11.6 Å². The van der Waals surface area contributed by atoms with E-state index in [-0.39, 0.29) is 16.4 Å². The molecule has 0 spiro atoms. The number of rotatable bonds is 3. The van der Waals surface area contributed by atoms with Crippen molar-refractivity contribution in [1.82, 2.24) is 9.97 Å². The van der Waals surface area contributed by atoms with Crippen molar-refractivity contribution in [3.05, 3.63) is 45.9 Å². The molecule has 4 N–H and O–H groups in total. The number of nitrogens with zero attached hydrogens (tertiary/aromatic N) is 1. The van der Waals surface area contributed by atoms with Gasteiger partial charge in [-0.2, -0.15) is 0 Å². The normalized spacial score (nSPS) is 14.4. The number of nitrogens with one attached hydrogen (secondary N) is 2.